The van der Waals surface area contributed by atoms with Crippen molar-refractivity contribution in [1.82, 2.24) is 0 Å². The number of carboxylic acid groups (broad SMARTS) is 1. The standard InChI is InChI=1S/C18H34O2/c1-16(18(19)20)17-14-12-10-8-6-4-2-3-5-7-9-11-13-15-17/h16-17H,2-15H2,1H3,(H,19,20). The Balaban J connectivity index is 2.37. The molecule has 1 unspecified atom stereocenters. The predicted octanol–water partition coefficient (Wildman–Crippen LogP) is 5.80. The summed E-state index contributed by atoms with van der Waals surface area (Å²) in [5.74, 6) is -0.365. The second-order valence-electron chi connectivity index (χ2n) is 6.71. The van der Waals surface area contributed by atoms with E-state index in [4.69, 9.17) is 0 Å². The zero-order chi connectivity index (χ0) is 14.6. The van der Waals surface area contributed by atoms with Gasteiger partial charge in [-0.3, -0.25) is 4.79 Å². The molecule has 0 bridgehead atoms. The molecule has 1 aliphatic rings. The normalized spacial score (nSPS) is 23.4. The lowest BCUT2D eigenvalue weighted by molar-refractivity contribution is -0.143. The lowest BCUT2D eigenvalue weighted by Crippen LogP contribution is -2.20. The summed E-state index contributed by atoms with van der Waals surface area (Å²) in [5, 5.41) is 9.24. The van der Waals surface area contributed by atoms with Crippen LogP contribution in [0.1, 0.15) is 96.8 Å². The van der Waals surface area contributed by atoms with Crippen molar-refractivity contribution in [2.45, 2.75) is 96.8 Å². The maximum Gasteiger partial charge on any atom is 0.306 e. The van der Waals surface area contributed by atoms with Crippen molar-refractivity contribution < 1.29 is 9.90 Å². The van der Waals surface area contributed by atoms with Crippen LogP contribution in [0.15, 0.2) is 0 Å². The molecule has 0 amide bonds. The predicted molar refractivity (Wildman–Crippen MR) is 84.9 cm³/mol. The van der Waals surface area contributed by atoms with Gasteiger partial charge in [-0.1, -0.05) is 84.0 Å². The van der Waals surface area contributed by atoms with Gasteiger partial charge in [0.2, 0.25) is 0 Å². The molecule has 0 aromatic carbocycles. The molecule has 0 heterocycles. The molecule has 1 atom stereocenters. The van der Waals surface area contributed by atoms with Crippen molar-refractivity contribution in [2.75, 3.05) is 0 Å². The Morgan fingerprint density at radius 1 is 0.750 bits per heavy atom. The van der Waals surface area contributed by atoms with Crippen LogP contribution in [0.5, 0.6) is 0 Å². The zero-order valence-corrected chi connectivity index (χ0v) is 13.4. The largest absolute Gasteiger partial charge is 0.481 e. The molecule has 2 nitrogen and oxygen atoms in total. The first-order chi connectivity index (χ1) is 9.72. The summed E-state index contributed by atoms with van der Waals surface area (Å²) < 4.78 is 0. The molecule has 20 heavy (non-hydrogen) atoms. The second kappa shape index (κ2) is 11.2. The third-order valence-corrected chi connectivity index (χ3v) is 5.00. The Bertz CT molecular complexity index is 234. The van der Waals surface area contributed by atoms with E-state index < -0.39 is 5.97 Å². The van der Waals surface area contributed by atoms with E-state index in [-0.39, 0.29) is 5.92 Å². The van der Waals surface area contributed by atoms with E-state index in [1.165, 1.54) is 77.0 Å². The summed E-state index contributed by atoms with van der Waals surface area (Å²) in [5.41, 5.74) is 0. The smallest absolute Gasteiger partial charge is 0.306 e. The maximum atomic E-state index is 11.2. The minimum absolute atomic E-state index is 0.161. The number of aliphatic carboxylic acids is 1. The minimum Gasteiger partial charge on any atom is -0.481 e. The van der Waals surface area contributed by atoms with Gasteiger partial charge in [0.1, 0.15) is 0 Å². The van der Waals surface area contributed by atoms with Gasteiger partial charge < -0.3 is 5.11 Å². The SMILES string of the molecule is CC(C(=O)O)C1CCCCCCCCCCCCCC1. The van der Waals surface area contributed by atoms with E-state index in [0.717, 1.165) is 12.8 Å². The van der Waals surface area contributed by atoms with Crippen LogP contribution in [0.4, 0.5) is 0 Å². The zero-order valence-electron chi connectivity index (χ0n) is 13.4. The Morgan fingerprint density at radius 2 is 1.05 bits per heavy atom. The van der Waals surface area contributed by atoms with E-state index in [1.54, 1.807) is 0 Å². The highest BCUT2D eigenvalue weighted by molar-refractivity contribution is 5.69. The minimum atomic E-state index is -0.604. The summed E-state index contributed by atoms with van der Waals surface area (Å²) in [6, 6.07) is 0. The fraction of sp³-hybridized carbons (Fsp3) is 0.944. The van der Waals surface area contributed by atoms with Crippen LogP contribution in [0, 0.1) is 11.8 Å². The van der Waals surface area contributed by atoms with E-state index in [1.807, 2.05) is 6.92 Å². The van der Waals surface area contributed by atoms with Crippen molar-refractivity contribution in [1.29, 1.82) is 0 Å². The highest BCUT2D eigenvalue weighted by Gasteiger charge is 2.22. The molecule has 2 heteroatoms. The Kier molecular flexibility index (Phi) is 9.78. The quantitative estimate of drug-likeness (QED) is 0.695. The molecular formula is C18H34O2. The van der Waals surface area contributed by atoms with Crippen LogP contribution >= 0.6 is 0 Å². The molecule has 0 saturated heterocycles. The van der Waals surface area contributed by atoms with Gasteiger partial charge in [0, 0.05) is 0 Å². The average Bonchev–Trinajstić information content (AvgIpc) is 2.44. The van der Waals surface area contributed by atoms with Gasteiger partial charge in [0.15, 0.2) is 0 Å². The number of rotatable bonds is 2. The third kappa shape index (κ3) is 7.91. The van der Waals surface area contributed by atoms with Gasteiger partial charge in [-0.25, -0.2) is 0 Å². The lowest BCUT2D eigenvalue weighted by atomic mass is 9.84. The summed E-state index contributed by atoms with van der Waals surface area (Å²) >= 11 is 0. The van der Waals surface area contributed by atoms with Gasteiger partial charge in [-0.15, -0.1) is 0 Å². The van der Waals surface area contributed by atoms with Crippen molar-refractivity contribution in [3.8, 4) is 0 Å². The van der Waals surface area contributed by atoms with E-state index in [9.17, 15) is 9.90 Å². The first-order valence-corrected chi connectivity index (χ1v) is 8.94. The number of hydrogen-bond acceptors (Lipinski definition) is 1. The number of hydrogen-bond donors (Lipinski definition) is 1. The molecule has 1 saturated carbocycles. The number of carbonyl (C=O) groups is 1. The van der Waals surface area contributed by atoms with Gasteiger partial charge in [-0.2, -0.15) is 0 Å². The van der Waals surface area contributed by atoms with E-state index >= 15 is 0 Å². The lowest BCUT2D eigenvalue weighted by Gasteiger charge is -2.21. The fourth-order valence-electron chi connectivity index (χ4n) is 3.43. The molecule has 1 rings (SSSR count). The number of carboxylic acids is 1. The Hall–Kier alpha value is -0.530. The first kappa shape index (κ1) is 17.5. The van der Waals surface area contributed by atoms with Gasteiger partial charge in [0.05, 0.1) is 5.92 Å². The van der Waals surface area contributed by atoms with Crippen molar-refractivity contribution >= 4 is 5.97 Å². The summed E-state index contributed by atoms with van der Waals surface area (Å²) in [7, 11) is 0. The Labute approximate surface area is 125 Å². The summed E-state index contributed by atoms with van der Waals surface area (Å²) in [6.07, 6.45) is 18.3. The molecule has 118 valence electrons. The second-order valence-corrected chi connectivity index (χ2v) is 6.71. The summed E-state index contributed by atoms with van der Waals surface area (Å²) in [4.78, 5) is 11.2. The first-order valence-electron chi connectivity index (χ1n) is 8.94. The molecule has 0 aromatic heterocycles. The third-order valence-electron chi connectivity index (χ3n) is 5.00. The molecule has 0 aliphatic heterocycles. The van der Waals surface area contributed by atoms with Crippen LogP contribution in [0.25, 0.3) is 0 Å². The van der Waals surface area contributed by atoms with Gasteiger partial charge in [-0.05, 0) is 18.8 Å². The topological polar surface area (TPSA) is 37.3 Å². The van der Waals surface area contributed by atoms with Crippen molar-refractivity contribution in [2.24, 2.45) is 11.8 Å². The molecular weight excluding hydrogens is 248 g/mol. The van der Waals surface area contributed by atoms with Crippen molar-refractivity contribution in [3.05, 3.63) is 0 Å². The van der Waals surface area contributed by atoms with Crippen LogP contribution in [-0.4, -0.2) is 11.1 Å². The average molecular weight is 282 g/mol. The van der Waals surface area contributed by atoms with Crippen molar-refractivity contribution in [3.63, 3.8) is 0 Å². The fourth-order valence-corrected chi connectivity index (χ4v) is 3.43. The maximum absolute atomic E-state index is 11.2. The summed E-state index contributed by atoms with van der Waals surface area (Å²) in [6.45, 7) is 1.90. The highest BCUT2D eigenvalue weighted by atomic mass is 16.4. The Morgan fingerprint density at radius 3 is 1.35 bits per heavy atom. The van der Waals surface area contributed by atoms with Crippen LogP contribution in [0.2, 0.25) is 0 Å². The molecule has 1 aliphatic carbocycles. The van der Waals surface area contributed by atoms with Crippen LogP contribution in [0.3, 0.4) is 0 Å². The molecule has 1 N–H and O–H groups in total. The van der Waals surface area contributed by atoms with E-state index in [0.29, 0.717) is 5.92 Å². The van der Waals surface area contributed by atoms with Gasteiger partial charge in [0.25, 0.3) is 0 Å². The highest BCUT2D eigenvalue weighted by Crippen LogP contribution is 2.26. The van der Waals surface area contributed by atoms with Gasteiger partial charge >= 0.3 is 5.97 Å². The molecule has 0 aromatic rings. The molecule has 0 radical (unpaired) electrons. The molecule has 0 spiro atoms. The van der Waals surface area contributed by atoms with E-state index in [2.05, 4.69) is 0 Å². The van der Waals surface area contributed by atoms with Crippen LogP contribution in [-0.2, 0) is 4.79 Å². The molecule has 1 fully saturated rings. The monoisotopic (exact) mass is 282 g/mol. The van der Waals surface area contributed by atoms with Crippen LogP contribution < -0.4 is 0 Å².